The van der Waals surface area contributed by atoms with Gasteiger partial charge >= 0.3 is 5.97 Å². The summed E-state index contributed by atoms with van der Waals surface area (Å²) in [6, 6.07) is 12.2. The number of fused-ring (bicyclic) bond motifs is 1. The van der Waals surface area contributed by atoms with E-state index in [9.17, 15) is 19.5 Å². The van der Waals surface area contributed by atoms with Crippen molar-refractivity contribution in [1.29, 1.82) is 0 Å². The zero-order valence-electron chi connectivity index (χ0n) is 38.7. The molecular formula is C51H79N5O7. The van der Waals surface area contributed by atoms with E-state index in [1.165, 1.54) is 108 Å². The Labute approximate surface area is 377 Å². The lowest BCUT2D eigenvalue weighted by Crippen LogP contribution is -2.45. The van der Waals surface area contributed by atoms with Gasteiger partial charge in [-0.25, -0.2) is 0 Å². The number of carboxylic acids is 1. The largest absolute Gasteiger partial charge is 0.506 e. The first-order chi connectivity index (χ1) is 30.7. The quantitative estimate of drug-likeness (QED) is 0.0378. The number of aryl methyl sites for hydroxylation is 1. The van der Waals surface area contributed by atoms with E-state index in [1.54, 1.807) is 10.7 Å². The van der Waals surface area contributed by atoms with Gasteiger partial charge in [0.05, 0.1) is 25.8 Å². The molecule has 0 unspecified atom stereocenters. The molecule has 1 aromatic heterocycles. The molecule has 0 saturated heterocycles. The molecule has 1 fully saturated rings. The maximum atomic E-state index is 13.3. The maximum Gasteiger partial charge on any atom is 0.303 e. The molecule has 0 radical (unpaired) electrons. The lowest BCUT2D eigenvalue weighted by molar-refractivity contribution is -0.137. The Bertz CT molecular complexity index is 1740. The molecule has 1 saturated carbocycles. The highest BCUT2D eigenvalue weighted by Gasteiger charge is 2.25. The Hall–Kier alpha value is -4.42. The Kier molecular flexibility index (Phi) is 24.9. The van der Waals surface area contributed by atoms with Gasteiger partial charge in [0.1, 0.15) is 11.4 Å². The number of carboxylic acid groups (broad SMARTS) is 1. The van der Waals surface area contributed by atoms with Crippen LogP contribution >= 0.6 is 0 Å². The van der Waals surface area contributed by atoms with Gasteiger partial charge in [-0.2, -0.15) is 5.10 Å². The minimum Gasteiger partial charge on any atom is -0.506 e. The van der Waals surface area contributed by atoms with Gasteiger partial charge in [0.25, 0.3) is 5.91 Å². The van der Waals surface area contributed by atoms with Crippen molar-refractivity contribution in [3.8, 4) is 22.6 Å². The molecule has 2 aromatic carbocycles. The number of benzene rings is 2. The van der Waals surface area contributed by atoms with Crippen LogP contribution < -0.4 is 15.4 Å². The highest BCUT2D eigenvalue weighted by Crippen LogP contribution is 2.39. The number of hydrogen-bond acceptors (Lipinski definition) is 8. The summed E-state index contributed by atoms with van der Waals surface area (Å²) in [7, 11) is 1.91. The van der Waals surface area contributed by atoms with Crippen molar-refractivity contribution in [2.45, 2.75) is 167 Å². The number of amides is 2. The first-order valence-electron chi connectivity index (χ1n) is 24.4. The lowest BCUT2D eigenvalue weighted by atomic mass is 9.94. The van der Waals surface area contributed by atoms with E-state index in [0.717, 1.165) is 48.8 Å². The zero-order valence-corrected chi connectivity index (χ0v) is 38.7. The van der Waals surface area contributed by atoms with Crippen LogP contribution in [0.1, 0.15) is 159 Å². The molecule has 0 spiro atoms. The molecule has 12 heteroatoms. The van der Waals surface area contributed by atoms with E-state index in [0.29, 0.717) is 69.6 Å². The third kappa shape index (κ3) is 20.3. The number of aliphatic carboxylic acids is 1. The number of nitrogens with one attached hydrogen (secondary N) is 2. The SMILES string of the molecule is CCCCCCCCCCCCCCCCCC(=O)O.Cn1cc(-c2ccc(CCOCCC(=O)N(CCNCCc3ccc(O)c4c3OCC(=O)N4)C3CCCCC3)cc2)cn1. The maximum absolute atomic E-state index is 13.3. The van der Waals surface area contributed by atoms with Crippen LogP contribution in [0.5, 0.6) is 11.5 Å². The van der Waals surface area contributed by atoms with Gasteiger partial charge in [0.2, 0.25) is 5.91 Å². The zero-order chi connectivity index (χ0) is 44.9. The summed E-state index contributed by atoms with van der Waals surface area (Å²) in [5, 5.41) is 29.0. The van der Waals surface area contributed by atoms with Gasteiger partial charge in [-0.3, -0.25) is 19.1 Å². The van der Waals surface area contributed by atoms with Gasteiger partial charge in [-0.1, -0.05) is 146 Å². The normalized spacial score (nSPS) is 13.7. The molecule has 350 valence electrons. The fourth-order valence-corrected chi connectivity index (χ4v) is 8.54. The van der Waals surface area contributed by atoms with Crippen LogP contribution in [-0.4, -0.2) is 88.2 Å². The Morgan fingerprint density at radius 2 is 1.48 bits per heavy atom. The summed E-state index contributed by atoms with van der Waals surface area (Å²) in [4.78, 5) is 37.3. The second-order valence-electron chi connectivity index (χ2n) is 17.5. The highest BCUT2D eigenvalue weighted by molar-refractivity contribution is 5.97. The van der Waals surface area contributed by atoms with E-state index < -0.39 is 5.97 Å². The molecule has 0 bridgehead atoms. The average molecular weight is 874 g/mol. The average Bonchev–Trinajstić information content (AvgIpc) is 3.73. The molecule has 2 aliphatic rings. The monoisotopic (exact) mass is 874 g/mol. The molecule has 0 atom stereocenters. The molecular weight excluding hydrogens is 795 g/mol. The number of unbranched alkanes of at least 4 members (excludes halogenated alkanes) is 14. The van der Waals surface area contributed by atoms with Crippen LogP contribution in [0.15, 0.2) is 48.8 Å². The van der Waals surface area contributed by atoms with E-state index in [4.69, 9.17) is 14.6 Å². The summed E-state index contributed by atoms with van der Waals surface area (Å²) in [6.45, 7) is 5.26. The van der Waals surface area contributed by atoms with Crippen molar-refractivity contribution in [3.63, 3.8) is 0 Å². The van der Waals surface area contributed by atoms with Crippen LogP contribution in [0.3, 0.4) is 0 Å². The van der Waals surface area contributed by atoms with Crippen LogP contribution in [0.25, 0.3) is 11.1 Å². The second-order valence-corrected chi connectivity index (χ2v) is 17.5. The minimum atomic E-state index is -0.653. The van der Waals surface area contributed by atoms with Crippen molar-refractivity contribution in [2.24, 2.45) is 7.05 Å². The molecule has 1 aliphatic heterocycles. The summed E-state index contributed by atoms with van der Waals surface area (Å²) in [5.41, 5.74) is 4.70. The number of hydrogen-bond donors (Lipinski definition) is 4. The van der Waals surface area contributed by atoms with E-state index >= 15 is 0 Å². The Balaban J connectivity index is 0.000000369. The van der Waals surface area contributed by atoms with Crippen molar-refractivity contribution >= 4 is 23.5 Å². The second kappa shape index (κ2) is 30.6. The fourth-order valence-electron chi connectivity index (χ4n) is 8.54. The number of carbonyl (C=O) groups is 3. The molecule has 5 rings (SSSR count). The van der Waals surface area contributed by atoms with Crippen LogP contribution in [0.2, 0.25) is 0 Å². The van der Waals surface area contributed by atoms with Crippen molar-refractivity contribution in [2.75, 3.05) is 44.8 Å². The summed E-state index contributed by atoms with van der Waals surface area (Å²) >= 11 is 0. The number of aromatic hydroxyl groups is 1. The number of aromatic nitrogens is 2. The molecule has 1 aliphatic carbocycles. The number of phenols is 1. The number of rotatable bonds is 30. The first-order valence-corrected chi connectivity index (χ1v) is 24.4. The van der Waals surface area contributed by atoms with Crippen LogP contribution in [-0.2, 0) is 39.0 Å². The number of ether oxygens (including phenoxy) is 2. The Morgan fingerprint density at radius 1 is 0.825 bits per heavy atom. The van der Waals surface area contributed by atoms with Gasteiger partial charge in [-0.15, -0.1) is 0 Å². The van der Waals surface area contributed by atoms with E-state index in [-0.39, 0.29) is 24.2 Å². The molecule has 4 N–H and O–H groups in total. The number of carbonyl (C=O) groups excluding carboxylic acids is 2. The van der Waals surface area contributed by atoms with Crippen LogP contribution in [0.4, 0.5) is 5.69 Å². The number of phenolic OH excluding ortho intramolecular Hbond substituents is 1. The molecule has 3 aromatic rings. The van der Waals surface area contributed by atoms with Gasteiger partial charge < -0.3 is 35.2 Å². The van der Waals surface area contributed by atoms with Crippen molar-refractivity contribution < 1.29 is 34.1 Å². The van der Waals surface area contributed by atoms with Gasteiger partial charge in [0, 0.05) is 44.4 Å². The molecule has 12 nitrogen and oxygen atoms in total. The third-order valence-electron chi connectivity index (χ3n) is 12.2. The summed E-state index contributed by atoms with van der Waals surface area (Å²) in [5.74, 6) is -0.239. The van der Waals surface area contributed by atoms with Gasteiger partial charge in [0.15, 0.2) is 12.4 Å². The van der Waals surface area contributed by atoms with E-state index in [1.807, 2.05) is 25.5 Å². The van der Waals surface area contributed by atoms with Gasteiger partial charge in [-0.05, 0) is 61.4 Å². The smallest absolute Gasteiger partial charge is 0.303 e. The predicted molar refractivity (Wildman–Crippen MR) is 252 cm³/mol. The Morgan fingerprint density at radius 3 is 2.10 bits per heavy atom. The van der Waals surface area contributed by atoms with Crippen molar-refractivity contribution in [1.82, 2.24) is 20.0 Å². The molecule has 2 heterocycles. The lowest BCUT2D eigenvalue weighted by Gasteiger charge is -2.34. The molecule has 2 amide bonds. The third-order valence-corrected chi connectivity index (χ3v) is 12.2. The minimum absolute atomic E-state index is 0.000764. The first kappa shape index (κ1) is 51.2. The standard InChI is InChI=1S/C33H43N5O5.C18H36O2/c1-37-22-27(21-35-37)25-9-7-24(8-10-25)14-19-42-20-15-31(41)38(28-5-3-2-4-6-28)18-17-34-16-13-26-11-12-29(39)32-33(26)43-23-30(40)36-32;1-2-3-4-5-6-7-8-9-10-11-12-13-14-15-16-17-18(19)20/h7-12,21-22,28,34,39H,2-6,13-20,23H2,1H3,(H,36,40);2-17H2,1H3,(H,19,20). The number of anilines is 1. The van der Waals surface area contributed by atoms with Crippen molar-refractivity contribution in [3.05, 3.63) is 59.9 Å². The van der Waals surface area contributed by atoms with E-state index in [2.05, 4.69) is 51.8 Å². The topological polar surface area (TPSA) is 155 Å². The predicted octanol–water partition coefficient (Wildman–Crippen LogP) is 10.4. The van der Waals surface area contributed by atoms with Crippen LogP contribution in [0, 0.1) is 0 Å². The molecule has 63 heavy (non-hydrogen) atoms. The summed E-state index contributed by atoms with van der Waals surface area (Å²) in [6.07, 6.45) is 31.6. The fraction of sp³-hybridized carbons (Fsp3) is 0.647. The number of nitrogens with zero attached hydrogens (tertiary/aromatic N) is 3. The highest BCUT2D eigenvalue weighted by atomic mass is 16.5. The summed E-state index contributed by atoms with van der Waals surface area (Å²) < 4.78 is 13.3.